The van der Waals surface area contributed by atoms with Gasteiger partial charge in [-0.3, -0.25) is 0 Å². The van der Waals surface area contributed by atoms with Crippen LogP contribution in [0.1, 0.15) is 32.6 Å². The summed E-state index contributed by atoms with van der Waals surface area (Å²) in [6.45, 7) is 4.84. The van der Waals surface area contributed by atoms with Crippen molar-refractivity contribution in [2.24, 2.45) is 11.7 Å². The number of nitrogens with two attached hydrogens (primary N) is 1. The minimum absolute atomic E-state index is 0.0597. The second-order valence-electron chi connectivity index (χ2n) is 6.28. The summed E-state index contributed by atoms with van der Waals surface area (Å²) in [7, 11) is -1.27. The summed E-state index contributed by atoms with van der Waals surface area (Å²) < 4.78 is 29.4. The van der Waals surface area contributed by atoms with Gasteiger partial charge in [0.05, 0.1) is 0 Å². The maximum absolute atomic E-state index is 12.5. The molecule has 0 radical (unpaired) electrons. The first-order valence-corrected chi connectivity index (χ1v) is 9.04. The number of nitrogens with zero attached hydrogens (tertiary/aromatic N) is 2. The number of likely N-dealkylation sites (tertiary alicyclic amines) is 1. The van der Waals surface area contributed by atoms with E-state index < -0.39 is 10.2 Å². The molecule has 2 saturated heterocycles. The molecule has 0 amide bonds. The monoisotopic (exact) mass is 304 g/mol. The Kier molecular flexibility index (Phi) is 5.42. The summed E-state index contributed by atoms with van der Waals surface area (Å²) in [4.78, 5) is 2.27. The Morgan fingerprint density at radius 3 is 2.70 bits per heavy atom. The molecule has 3 unspecified atom stereocenters. The molecule has 2 heterocycles. The van der Waals surface area contributed by atoms with Gasteiger partial charge in [0.15, 0.2) is 0 Å². The van der Waals surface area contributed by atoms with E-state index in [0.29, 0.717) is 31.6 Å². The van der Waals surface area contributed by atoms with E-state index in [0.717, 1.165) is 32.2 Å². The first-order valence-electron chi connectivity index (χ1n) is 7.60. The van der Waals surface area contributed by atoms with E-state index in [1.165, 1.54) is 0 Å². The number of hydrogen-bond acceptors (Lipinski definition) is 4. The van der Waals surface area contributed by atoms with Crippen LogP contribution in [0, 0.1) is 5.92 Å². The van der Waals surface area contributed by atoms with Crippen LogP contribution in [0.15, 0.2) is 0 Å². The van der Waals surface area contributed by atoms with Crippen LogP contribution in [0.4, 0.5) is 0 Å². The van der Waals surface area contributed by atoms with Crippen LogP contribution in [0.2, 0.25) is 0 Å². The molecule has 3 atom stereocenters. The van der Waals surface area contributed by atoms with Crippen LogP contribution in [0.5, 0.6) is 0 Å². The summed E-state index contributed by atoms with van der Waals surface area (Å²) >= 11 is 0. The highest BCUT2D eigenvalue weighted by atomic mass is 32.2. The first-order chi connectivity index (χ1) is 9.42. The lowest BCUT2D eigenvalue weighted by atomic mass is 10.0. The van der Waals surface area contributed by atoms with Gasteiger partial charge in [0, 0.05) is 25.2 Å². The fourth-order valence-electron chi connectivity index (χ4n) is 3.12. The molecule has 2 fully saturated rings. The Bertz CT molecular complexity index is 415. The largest absolute Gasteiger partial charge is 0.330 e. The predicted molar refractivity (Wildman–Crippen MR) is 80.5 cm³/mol. The molecular formula is C13H28N4O2S. The SMILES string of the molecule is CC1CC(NS(=O)(=O)N2CCCC(CN)C2)CCN1C. The van der Waals surface area contributed by atoms with Crippen LogP contribution in [-0.4, -0.2) is 62.9 Å². The van der Waals surface area contributed by atoms with Crippen LogP contribution >= 0.6 is 0 Å². The third kappa shape index (κ3) is 3.92. The third-order valence-corrected chi connectivity index (χ3v) is 6.32. The van der Waals surface area contributed by atoms with Gasteiger partial charge in [-0.1, -0.05) is 0 Å². The topological polar surface area (TPSA) is 78.7 Å². The Balaban J connectivity index is 1.93. The fourth-order valence-corrected chi connectivity index (χ4v) is 4.68. The van der Waals surface area contributed by atoms with Crippen molar-refractivity contribution < 1.29 is 8.42 Å². The minimum atomic E-state index is -3.36. The lowest BCUT2D eigenvalue weighted by Crippen LogP contribution is -2.53. The average Bonchev–Trinajstić information content (AvgIpc) is 2.43. The molecule has 2 aliphatic heterocycles. The second kappa shape index (κ2) is 6.70. The standard InChI is InChI=1S/C13H28N4O2S/c1-11-8-13(5-7-16(11)2)15-20(18,19)17-6-3-4-12(9-14)10-17/h11-13,15H,3-10,14H2,1-2H3. The Morgan fingerprint density at radius 1 is 1.30 bits per heavy atom. The summed E-state index contributed by atoms with van der Waals surface area (Å²) in [5, 5.41) is 0. The molecule has 0 aliphatic carbocycles. The molecule has 0 spiro atoms. The minimum Gasteiger partial charge on any atom is -0.330 e. The zero-order valence-electron chi connectivity index (χ0n) is 12.6. The predicted octanol–water partition coefficient (Wildman–Crippen LogP) is -0.0258. The summed E-state index contributed by atoms with van der Waals surface area (Å²) in [5.41, 5.74) is 5.68. The maximum Gasteiger partial charge on any atom is 0.279 e. The van der Waals surface area contributed by atoms with E-state index >= 15 is 0 Å². The van der Waals surface area contributed by atoms with E-state index in [4.69, 9.17) is 5.73 Å². The van der Waals surface area contributed by atoms with Gasteiger partial charge < -0.3 is 10.6 Å². The number of rotatable bonds is 4. The van der Waals surface area contributed by atoms with Gasteiger partial charge in [-0.25, -0.2) is 0 Å². The van der Waals surface area contributed by atoms with Crippen molar-refractivity contribution in [3.63, 3.8) is 0 Å². The van der Waals surface area contributed by atoms with Crippen LogP contribution in [0.25, 0.3) is 0 Å². The molecule has 7 heteroatoms. The Hall–Kier alpha value is -0.210. The molecule has 0 saturated carbocycles. The molecule has 0 aromatic heterocycles. The quantitative estimate of drug-likeness (QED) is 0.765. The van der Waals surface area contributed by atoms with Gasteiger partial charge >= 0.3 is 0 Å². The molecule has 6 nitrogen and oxygen atoms in total. The van der Waals surface area contributed by atoms with Crippen LogP contribution in [0.3, 0.4) is 0 Å². The van der Waals surface area contributed by atoms with E-state index in [9.17, 15) is 8.42 Å². The van der Waals surface area contributed by atoms with Crippen molar-refractivity contribution in [1.29, 1.82) is 0 Å². The van der Waals surface area contributed by atoms with Crippen molar-refractivity contribution in [2.75, 3.05) is 33.2 Å². The first kappa shape index (κ1) is 16.2. The summed E-state index contributed by atoms with van der Waals surface area (Å²) in [6.07, 6.45) is 3.71. The van der Waals surface area contributed by atoms with Gasteiger partial charge in [0.25, 0.3) is 10.2 Å². The number of piperidine rings is 2. The van der Waals surface area contributed by atoms with Gasteiger partial charge in [-0.2, -0.15) is 17.4 Å². The zero-order chi connectivity index (χ0) is 14.8. The molecule has 0 aromatic carbocycles. The molecule has 2 rings (SSSR count). The second-order valence-corrected chi connectivity index (χ2v) is 7.98. The van der Waals surface area contributed by atoms with Gasteiger partial charge in [-0.15, -0.1) is 0 Å². The van der Waals surface area contributed by atoms with E-state index in [2.05, 4.69) is 23.6 Å². The zero-order valence-corrected chi connectivity index (χ0v) is 13.4. The maximum atomic E-state index is 12.5. The van der Waals surface area contributed by atoms with Gasteiger partial charge in [-0.05, 0) is 58.7 Å². The molecule has 2 aliphatic rings. The Morgan fingerprint density at radius 2 is 2.05 bits per heavy atom. The van der Waals surface area contributed by atoms with Crippen molar-refractivity contribution in [1.82, 2.24) is 13.9 Å². The van der Waals surface area contributed by atoms with Gasteiger partial charge in [0.1, 0.15) is 0 Å². The lowest BCUT2D eigenvalue weighted by molar-refractivity contribution is 0.176. The smallest absolute Gasteiger partial charge is 0.279 e. The molecule has 0 aromatic rings. The van der Waals surface area contributed by atoms with Crippen molar-refractivity contribution in [3.05, 3.63) is 0 Å². The van der Waals surface area contributed by atoms with E-state index in [-0.39, 0.29) is 6.04 Å². The molecule has 0 bridgehead atoms. The summed E-state index contributed by atoms with van der Waals surface area (Å²) in [5.74, 6) is 0.303. The molecule has 3 N–H and O–H groups in total. The average molecular weight is 304 g/mol. The van der Waals surface area contributed by atoms with E-state index in [1.807, 2.05) is 0 Å². The third-order valence-electron chi connectivity index (χ3n) is 4.68. The normalized spacial score (nSPS) is 34.2. The highest BCUT2D eigenvalue weighted by molar-refractivity contribution is 7.87. The van der Waals surface area contributed by atoms with E-state index in [1.54, 1.807) is 4.31 Å². The van der Waals surface area contributed by atoms with Crippen LogP contribution in [-0.2, 0) is 10.2 Å². The highest BCUT2D eigenvalue weighted by Crippen LogP contribution is 2.20. The lowest BCUT2D eigenvalue weighted by Gasteiger charge is -2.37. The van der Waals surface area contributed by atoms with Crippen molar-refractivity contribution >= 4 is 10.2 Å². The van der Waals surface area contributed by atoms with Crippen molar-refractivity contribution in [3.8, 4) is 0 Å². The summed E-state index contributed by atoms with van der Waals surface area (Å²) in [6, 6.07) is 0.485. The molecule has 20 heavy (non-hydrogen) atoms. The van der Waals surface area contributed by atoms with Gasteiger partial charge in [0.2, 0.25) is 0 Å². The molecule has 118 valence electrons. The fraction of sp³-hybridized carbons (Fsp3) is 1.00. The van der Waals surface area contributed by atoms with Crippen molar-refractivity contribution in [2.45, 2.75) is 44.7 Å². The van der Waals surface area contributed by atoms with Crippen LogP contribution < -0.4 is 10.5 Å². The Labute approximate surface area is 122 Å². The number of nitrogens with one attached hydrogen (secondary N) is 1. The highest BCUT2D eigenvalue weighted by Gasteiger charge is 2.32. The molecular weight excluding hydrogens is 276 g/mol. The number of hydrogen-bond donors (Lipinski definition) is 2.